The van der Waals surface area contributed by atoms with E-state index in [-0.39, 0.29) is 11.6 Å². The molecule has 2 heterocycles. The van der Waals surface area contributed by atoms with Crippen molar-refractivity contribution < 1.29 is 9.72 Å². The maximum absolute atomic E-state index is 12.3. The number of anilines is 1. The Labute approximate surface area is 142 Å². The molecule has 1 amide bonds. The zero-order valence-corrected chi connectivity index (χ0v) is 13.6. The van der Waals surface area contributed by atoms with E-state index in [1.54, 1.807) is 5.51 Å². The van der Waals surface area contributed by atoms with Crippen molar-refractivity contribution >= 4 is 59.8 Å². The summed E-state index contributed by atoms with van der Waals surface area (Å²) in [5.74, 6) is -0.357. The van der Waals surface area contributed by atoms with E-state index in [0.29, 0.717) is 10.7 Å². The van der Waals surface area contributed by atoms with Crippen LogP contribution in [0.25, 0.3) is 20.4 Å². The Kier molecular flexibility index (Phi) is 3.44. The molecular formula is C15H8N4O3S2. The Balaban J connectivity index is 1.63. The number of rotatable bonds is 3. The highest BCUT2D eigenvalue weighted by atomic mass is 32.1. The Morgan fingerprint density at radius 1 is 1.08 bits per heavy atom. The topological polar surface area (TPSA) is 98.0 Å². The number of aromatic nitrogens is 2. The van der Waals surface area contributed by atoms with E-state index >= 15 is 0 Å². The zero-order valence-electron chi connectivity index (χ0n) is 11.9. The second-order valence-corrected chi connectivity index (χ2v) is 6.75. The van der Waals surface area contributed by atoms with Gasteiger partial charge in [-0.1, -0.05) is 11.3 Å². The first-order valence-corrected chi connectivity index (χ1v) is 8.50. The molecule has 118 valence electrons. The molecule has 7 nitrogen and oxygen atoms in total. The van der Waals surface area contributed by atoms with E-state index in [4.69, 9.17) is 0 Å². The SMILES string of the molecule is O=C(Nc1nc2ccc3ncsc3c2s1)c1ccc([N+](=O)[O-])cc1. The number of nitro groups is 1. The number of carbonyl (C=O) groups excluding carboxylic acids is 1. The second-order valence-electron chi connectivity index (χ2n) is 4.89. The molecule has 0 fully saturated rings. The van der Waals surface area contributed by atoms with Crippen molar-refractivity contribution in [2.45, 2.75) is 0 Å². The number of carbonyl (C=O) groups is 1. The molecule has 4 aromatic rings. The van der Waals surface area contributed by atoms with Gasteiger partial charge in [0.15, 0.2) is 5.13 Å². The molecule has 9 heteroatoms. The van der Waals surface area contributed by atoms with Crippen molar-refractivity contribution in [2.75, 3.05) is 5.32 Å². The van der Waals surface area contributed by atoms with Crippen molar-refractivity contribution in [2.24, 2.45) is 0 Å². The molecule has 0 aliphatic carbocycles. The fourth-order valence-electron chi connectivity index (χ4n) is 2.27. The van der Waals surface area contributed by atoms with Crippen molar-refractivity contribution in [1.29, 1.82) is 0 Å². The highest BCUT2D eigenvalue weighted by molar-refractivity contribution is 7.28. The molecule has 0 saturated heterocycles. The maximum Gasteiger partial charge on any atom is 0.269 e. The van der Waals surface area contributed by atoms with E-state index in [9.17, 15) is 14.9 Å². The summed E-state index contributed by atoms with van der Waals surface area (Å²) in [5.41, 5.74) is 3.76. The van der Waals surface area contributed by atoms with E-state index in [2.05, 4.69) is 15.3 Å². The van der Waals surface area contributed by atoms with Crippen LogP contribution in [0.1, 0.15) is 10.4 Å². The molecule has 0 aliphatic heterocycles. The lowest BCUT2D eigenvalue weighted by Gasteiger charge is -2.00. The van der Waals surface area contributed by atoms with Gasteiger partial charge in [0, 0.05) is 17.7 Å². The molecule has 0 bridgehead atoms. The average Bonchev–Trinajstić information content (AvgIpc) is 3.20. The number of nitrogens with one attached hydrogen (secondary N) is 1. The van der Waals surface area contributed by atoms with Gasteiger partial charge in [-0.2, -0.15) is 0 Å². The summed E-state index contributed by atoms with van der Waals surface area (Å²) < 4.78 is 2.02. The molecule has 2 aromatic heterocycles. The first kappa shape index (κ1) is 14.7. The van der Waals surface area contributed by atoms with Gasteiger partial charge in [0.2, 0.25) is 0 Å². The van der Waals surface area contributed by atoms with Crippen LogP contribution in [0.5, 0.6) is 0 Å². The molecule has 0 spiro atoms. The molecule has 0 atom stereocenters. The minimum Gasteiger partial charge on any atom is -0.298 e. The van der Waals surface area contributed by atoms with Crippen LogP contribution in [0, 0.1) is 10.1 Å². The van der Waals surface area contributed by atoms with Crippen LogP contribution in [0.15, 0.2) is 41.9 Å². The smallest absolute Gasteiger partial charge is 0.269 e. The van der Waals surface area contributed by atoms with Crippen LogP contribution in [0.4, 0.5) is 10.8 Å². The largest absolute Gasteiger partial charge is 0.298 e. The Morgan fingerprint density at radius 3 is 2.58 bits per heavy atom. The van der Waals surface area contributed by atoms with Crippen LogP contribution >= 0.6 is 22.7 Å². The number of non-ortho nitro benzene ring substituents is 1. The molecule has 24 heavy (non-hydrogen) atoms. The summed E-state index contributed by atoms with van der Waals surface area (Å²) in [6.45, 7) is 0. The highest BCUT2D eigenvalue weighted by Gasteiger charge is 2.13. The Hall–Kier alpha value is -2.91. The van der Waals surface area contributed by atoms with Crippen LogP contribution in [-0.4, -0.2) is 20.8 Å². The number of thiazole rings is 2. The standard InChI is InChI=1S/C15H8N4O3S2/c20-14(8-1-3-9(4-2-8)19(21)22)18-15-17-11-6-5-10-12(13(11)24-15)23-7-16-10/h1-7H,(H,17,18,20). The van der Waals surface area contributed by atoms with Gasteiger partial charge in [-0.25, -0.2) is 9.97 Å². The number of nitrogens with zero attached hydrogens (tertiary/aromatic N) is 3. The maximum atomic E-state index is 12.3. The lowest BCUT2D eigenvalue weighted by atomic mass is 10.2. The predicted octanol–water partition coefficient (Wildman–Crippen LogP) is 4.07. The number of hydrogen-bond donors (Lipinski definition) is 1. The van der Waals surface area contributed by atoms with Crippen molar-refractivity contribution in [3.8, 4) is 0 Å². The third-order valence-electron chi connectivity index (χ3n) is 3.41. The first-order valence-electron chi connectivity index (χ1n) is 6.80. The number of hydrogen-bond acceptors (Lipinski definition) is 7. The van der Waals surface area contributed by atoms with Gasteiger partial charge in [-0.05, 0) is 24.3 Å². The van der Waals surface area contributed by atoms with Gasteiger partial charge in [-0.3, -0.25) is 20.2 Å². The average molecular weight is 356 g/mol. The summed E-state index contributed by atoms with van der Waals surface area (Å²) in [6.07, 6.45) is 0. The van der Waals surface area contributed by atoms with Gasteiger partial charge in [0.05, 0.1) is 30.9 Å². The first-order chi connectivity index (χ1) is 11.6. The summed E-state index contributed by atoms with van der Waals surface area (Å²) in [7, 11) is 0. The lowest BCUT2D eigenvalue weighted by Crippen LogP contribution is -2.11. The fourth-order valence-corrected chi connectivity index (χ4v) is 4.16. The quantitative estimate of drug-likeness (QED) is 0.441. The van der Waals surface area contributed by atoms with Gasteiger partial charge in [-0.15, -0.1) is 11.3 Å². The van der Waals surface area contributed by atoms with Gasteiger partial charge >= 0.3 is 0 Å². The Bertz CT molecular complexity index is 1090. The minimum absolute atomic E-state index is 0.0564. The number of amides is 1. The fraction of sp³-hybridized carbons (Fsp3) is 0. The van der Waals surface area contributed by atoms with Crippen molar-refractivity contribution in [3.63, 3.8) is 0 Å². The predicted molar refractivity (Wildman–Crippen MR) is 93.8 cm³/mol. The van der Waals surface area contributed by atoms with Gasteiger partial charge in [0.1, 0.15) is 0 Å². The van der Waals surface area contributed by atoms with Crippen LogP contribution in [-0.2, 0) is 0 Å². The number of fused-ring (bicyclic) bond motifs is 3. The zero-order chi connectivity index (χ0) is 16.7. The van der Waals surface area contributed by atoms with Crippen LogP contribution < -0.4 is 5.32 Å². The monoisotopic (exact) mass is 356 g/mol. The van der Waals surface area contributed by atoms with E-state index in [0.717, 1.165) is 20.4 Å². The Morgan fingerprint density at radius 2 is 1.83 bits per heavy atom. The molecule has 0 unspecified atom stereocenters. The molecule has 1 N–H and O–H groups in total. The van der Waals surface area contributed by atoms with Crippen molar-refractivity contribution in [3.05, 3.63) is 57.6 Å². The third-order valence-corrected chi connectivity index (χ3v) is 5.41. The number of nitro benzene ring substituents is 1. The molecule has 4 rings (SSSR count). The molecule has 0 saturated carbocycles. The molecular weight excluding hydrogens is 348 g/mol. The highest BCUT2D eigenvalue weighted by Crippen LogP contribution is 2.34. The van der Waals surface area contributed by atoms with Gasteiger partial charge < -0.3 is 0 Å². The normalized spacial score (nSPS) is 11.0. The molecule has 2 aromatic carbocycles. The van der Waals surface area contributed by atoms with E-state index in [1.165, 1.54) is 46.9 Å². The summed E-state index contributed by atoms with van der Waals surface area (Å²) in [4.78, 5) is 31.1. The molecule has 0 radical (unpaired) electrons. The second kappa shape index (κ2) is 5.62. The third kappa shape index (κ3) is 2.49. The summed E-state index contributed by atoms with van der Waals surface area (Å²) in [6, 6.07) is 9.21. The van der Waals surface area contributed by atoms with Gasteiger partial charge in [0.25, 0.3) is 11.6 Å². The number of benzene rings is 2. The minimum atomic E-state index is -0.504. The van der Waals surface area contributed by atoms with Crippen molar-refractivity contribution in [1.82, 2.24) is 9.97 Å². The van der Waals surface area contributed by atoms with E-state index < -0.39 is 4.92 Å². The summed E-state index contributed by atoms with van der Waals surface area (Å²) >= 11 is 2.91. The van der Waals surface area contributed by atoms with Crippen LogP contribution in [0.2, 0.25) is 0 Å². The van der Waals surface area contributed by atoms with E-state index in [1.807, 2.05) is 12.1 Å². The lowest BCUT2D eigenvalue weighted by molar-refractivity contribution is -0.384. The summed E-state index contributed by atoms with van der Waals surface area (Å²) in [5, 5.41) is 13.9. The van der Waals surface area contributed by atoms with Crippen LogP contribution in [0.3, 0.4) is 0 Å². The molecule has 0 aliphatic rings.